The maximum Gasteiger partial charge on any atom is 0.409 e. The lowest BCUT2D eigenvalue weighted by Gasteiger charge is -2.49. The van der Waals surface area contributed by atoms with Crippen LogP contribution in [0, 0.1) is 129 Å². The Morgan fingerprint density at radius 1 is 0.440 bits per heavy atom. The van der Waals surface area contributed by atoms with Gasteiger partial charge in [-0.15, -0.1) is 11.3 Å². The highest BCUT2D eigenvalue weighted by molar-refractivity contribution is 7.14. The van der Waals surface area contributed by atoms with Crippen molar-refractivity contribution in [3.63, 3.8) is 0 Å². The minimum atomic E-state index is -0.936. The fourth-order valence-corrected chi connectivity index (χ4v) is 21.7. The van der Waals surface area contributed by atoms with Crippen LogP contribution in [-0.4, -0.2) is 149 Å². The molecule has 7 fully saturated rings. The van der Waals surface area contributed by atoms with Crippen molar-refractivity contribution in [2.45, 2.75) is 244 Å². The number of aromatic nitrogens is 1. The van der Waals surface area contributed by atoms with Crippen LogP contribution in [0.3, 0.4) is 0 Å². The first-order chi connectivity index (χ1) is 67.5. The standard InChI is InChI=1S/C23H28N2O.C21H26ClN3S.2C21H23FN2.C18H24N2O.C16H26N2O2/c1-18(2)23(10-13-24)11-14-25(15-12-23)17-19-8-9-21(22(26)16-19)20-6-4-3-5-7-20;1-20(2,3)21(6-9-23)7-10-25(11-8-21)14-16-4-5-18(24-13-16)17-12-19(22)26-15-17;2*1-21(11-13-23)12-14-24(16-20(21)22)15-17-7-9-19(10-8-17)18-5-3-2-4-6-18;1-15(2)18(8-11-19)9-12-20(13-10-18)17(21)14-16-6-4-3-5-7-16;1-15(2,3)16(6-9-17)7-10-18(11-8-16)14(19)20-12-13-4-5-13/h3-9,16,18,26H,10-12,14-15,17H2,1-2H3;4-5,12-13,15H,6-8,10-11,14H2,1-3H3;2*2-10,20H,11-12,14-16H2,1H3;3-7,15H,8-10,12-14H2,1-2H3;13H,4-8,10-12H2,1-3H3/t;;20-,21+;20-,21-;;/m..00../s1. The smallest absolute Gasteiger partial charge is 0.409 e. The van der Waals surface area contributed by atoms with Gasteiger partial charge in [-0.25, -0.2) is 13.6 Å². The number of benzene rings is 7. The third-order valence-electron chi connectivity index (χ3n) is 32.3. The molecule has 7 aromatic carbocycles. The Morgan fingerprint density at radius 3 is 1.21 bits per heavy atom. The van der Waals surface area contributed by atoms with E-state index < -0.39 is 23.2 Å². The van der Waals surface area contributed by atoms with E-state index in [0.29, 0.717) is 101 Å². The number of likely N-dealkylation sites (tertiary alicyclic amines) is 6. The highest BCUT2D eigenvalue weighted by Crippen LogP contribution is 2.52. The predicted octanol–water partition coefficient (Wildman–Crippen LogP) is 27.8. The molecule has 21 heteroatoms. The molecule has 2 amide bonds. The van der Waals surface area contributed by atoms with E-state index in [0.717, 1.165) is 181 Å². The second-order valence-electron chi connectivity index (χ2n) is 44.0. The second kappa shape index (κ2) is 51.7. The van der Waals surface area contributed by atoms with Crippen LogP contribution in [0.5, 0.6) is 5.75 Å². The molecule has 0 radical (unpaired) electrons. The monoisotopic (exact) mass is 1940 g/mol. The molecule has 8 heterocycles. The number of rotatable bonds is 24. The first-order valence-corrected chi connectivity index (χ1v) is 52.3. The van der Waals surface area contributed by atoms with Gasteiger partial charge in [-0.05, 0) is 240 Å². The zero-order valence-corrected chi connectivity index (χ0v) is 87.2. The molecule has 16 rings (SSSR count). The number of ether oxygens (including phenoxy) is 1. The molecule has 6 aliphatic heterocycles. The van der Waals surface area contributed by atoms with Gasteiger partial charge >= 0.3 is 6.09 Å². The number of thiophene rings is 1. The minimum Gasteiger partial charge on any atom is -0.507 e. The maximum absolute atomic E-state index is 14.5. The van der Waals surface area contributed by atoms with Gasteiger partial charge in [-0.3, -0.25) is 29.4 Å². The Balaban J connectivity index is 0.000000162. The number of phenolic OH excluding ortho intramolecular Hbond substituents is 1. The third kappa shape index (κ3) is 30.9. The molecule has 0 unspecified atom stereocenters. The SMILES string of the molecule is CC(C)(C)C1(CC#N)CCN(C(=O)OCC2CC2)CC1.CC(C)(C)C1(CC#N)CCN(Cc2ccc(-c3csc(Cl)c3)nc2)CC1.CC(C)C1(CC#N)CCN(C(=O)Cc2ccccc2)CC1.CC(C)C1(CC#N)CCN(Cc2ccc(-c3ccccc3)c(O)c2)CC1.C[C@@]1(CC#N)CCN(Cc2ccc(-c3ccccc3)cc2)C[C@@H]1F.C[C@]1(CC#N)CCN(Cc2ccc(-c3ccccc3)cc2)C[C@@H]1F. The molecule has 0 spiro atoms. The fourth-order valence-electron chi connectivity index (χ4n) is 20.8. The normalized spacial score (nSPS) is 20.5. The van der Waals surface area contributed by atoms with Crippen LogP contribution in [0.2, 0.25) is 4.34 Å². The molecule has 141 heavy (non-hydrogen) atoms. The van der Waals surface area contributed by atoms with Gasteiger partial charge in [0.1, 0.15) is 18.1 Å². The zero-order chi connectivity index (χ0) is 101. The molecule has 7 aliphatic rings. The number of phenols is 1. The summed E-state index contributed by atoms with van der Waals surface area (Å²) in [5.74, 6) is 2.18. The molecular weight excluding hydrogens is 1790 g/mol. The van der Waals surface area contributed by atoms with Gasteiger partial charge in [0.25, 0.3) is 0 Å². The van der Waals surface area contributed by atoms with Crippen molar-refractivity contribution >= 4 is 34.9 Å². The molecule has 4 atom stereocenters. The van der Waals surface area contributed by atoms with Crippen molar-refractivity contribution in [3.8, 4) is 86.8 Å². The lowest BCUT2D eigenvalue weighted by atomic mass is 9.60. The Kier molecular flexibility index (Phi) is 40.4. The molecule has 1 aliphatic carbocycles. The Bertz CT molecular complexity index is 5530. The summed E-state index contributed by atoms with van der Waals surface area (Å²) in [6.45, 7) is 39.6. The molecule has 2 aromatic heterocycles. The quantitative estimate of drug-likeness (QED) is 0.0592. The van der Waals surface area contributed by atoms with Crippen LogP contribution in [-0.2, 0) is 42.1 Å². The average molecular weight is 1940 g/mol. The van der Waals surface area contributed by atoms with Gasteiger partial charge in [-0.2, -0.15) is 31.6 Å². The molecule has 6 saturated heterocycles. The van der Waals surface area contributed by atoms with Gasteiger partial charge < -0.3 is 19.6 Å². The Morgan fingerprint density at radius 2 is 0.816 bits per heavy atom. The van der Waals surface area contributed by atoms with Gasteiger partial charge in [0.15, 0.2) is 0 Å². The number of alkyl halides is 2. The van der Waals surface area contributed by atoms with Gasteiger partial charge in [-0.1, -0.05) is 283 Å². The summed E-state index contributed by atoms with van der Waals surface area (Å²) >= 11 is 7.54. The summed E-state index contributed by atoms with van der Waals surface area (Å²) in [6.07, 6.45) is 15.4. The van der Waals surface area contributed by atoms with Crippen molar-refractivity contribution < 1.29 is 28.2 Å². The summed E-state index contributed by atoms with van der Waals surface area (Å²) in [5, 5.41) is 66.9. The van der Waals surface area contributed by atoms with E-state index in [9.17, 15) is 34.0 Å². The molecular formula is C120H150ClF2N13O4S. The van der Waals surface area contributed by atoms with E-state index in [1.165, 1.54) is 63.1 Å². The van der Waals surface area contributed by atoms with Crippen LogP contribution < -0.4 is 0 Å². The average Bonchev–Trinajstić information content (AvgIpc) is 1.66. The van der Waals surface area contributed by atoms with Gasteiger partial charge in [0.2, 0.25) is 5.91 Å². The van der Waals surface area contributed by atoms with Crippen LogP contribution in [0.15, 0.2) is 218 Å². The number of nitriles is 6. The number of pyridine rings is 1. The summed E-state index contributed by atoms with van der Waals surface area (Å²) < 4.78 is 35.1. The Labute approximate surface area is 850 Å². The molecule has 9 aromatic rings. The molecule has 0 bridgehead atoms. The fraction of sp³-hybridized carbons (Fsp3) is 0.508. The molecule has 17 nitrogen and oxygen atoms in total. The maximum atomic E-state index is 14.5. The van der Waals surface area contributed by atoms with Crippen molar-refractivity contribution in [2.24, 2.45) is 61.1 Å². The second-order valence-corrected chi connectivity index (χ2v) is 45.5. The van der Waals surface area contributed by atoms with Crippen LogP contribution in [0.4, 0.5) is 13.6 Å². The molecule has 1 saturated carbocycles. The van der Waals surface area contributed by atoms with Crippen LogP contribution in [0.25, 0.3) is 44.6 Å². The van der Waals surface area contributed by atoms with Crippen molar-refractivity contribution in [3.05, 3.63) is 250 Å². The molecule has 746 valence electrons. The Hall–Kier alpha value is -11.1. The van der Waals surface area contributed by atoms with Gasteiger partial charge in [0, 0.05) is 138 Å². The van der Waals surface area contributed by atoms with Crippen molar-refractivity contribution in [2.75, 3.05) is 85.1 Å². The summed E-state index contributed by atoms with van der Waals surface area (Å²) in [4.78, 5) is 42.0. The van der Waals surface area contributed by atoms with E-state index in [2.05, 4.69) is 221 Å². The number of aromatic hydroxyl groups is 1. The van der Waals surface area contributed by atoms with Crippen LogP contribution >= 0.6 is 22.9 Å². The summed E-state index contributed by atoms with van der Waals surface area (Å²) in [6, 6.07) is 83.5. The van der Waals surface area contributed by atoms with E-state index in [4.69, 9.17) is 37.4 Å². The first kappa shape index (κ1) is 110. The number of hydrogen-bond donors (Lipinski definition) is 1. The number of hydrogen-bond acceptors (Lipinski definition) is 16. The highest BCUT2D eigenvalue weighted by atomic mass is 35.5. The predicted molar refractivity (Wildman–Crippen MR) is 565 cm³/mol. The summed E-state index contributed by atoms with van der Waals surface area (Å²) in [7, 11) is 0. The number of nitrogens with zero attached hydrogens (tertiary/aromatic N) is 13. The lowest BCUT2D eigenvalue weighted by molar-refractivity contribution is -0.133. The van der Waals surface area contributed by atoms with Crippen molar-refractivity contribution in [1.29, 1.82) is 31.6 Å². The van der Waals surface area contributed by atoms with E-state index in [1.807, 2.05) is 150 Å². The zero-order valence-electron chi connectivity index (χ0n) is 85.7. The minimum absolute atomic E-state index is 0.0228. The molecule has 1 N–H and O–H groups in total. The third-order valence-corrected chi connectivity index (χ3v) is 33.4. The summed E-state index contributed by atoms with van der Waals surface area (Å²) in [5.41, 5.74) is 14.3. The van der Waals surface area contributed by atoms with E-state index in [-0.39, 0.29) is 44.5 Å². The number of carbonyl (C=O) groups excluding carboxylic acids is 2. The topological polar surface area (TPSA) is 239 Å². The largest absolute Gasteiger partial charge is 0.507 e. The lowest BCUT2D eigenvalue weighted by Crippen LogP contribution is -2.48. The number of piperidine rings is 6. The first-order valence-electron chi connectivity index (χ1n) is 51.0. The van der Waals surface area contributed by atoms with Crippen LogP contribution in [0.1, 0.15) is 226 Å². The number of amides is 2. The van der Waals surface area contributed by atoms with E-state index >= 15 is 0 Å². The van der Waals surface area contributed by atoms with Gasteiger partial charge in [0.05, 0.1) is 59.5 Å². The van der Waals surface area contributed by atoms with Crippen molar-refractivity contribution in [1.82, 2.24) is 34.4 Å². The highest BCUT2D eigenvalue weighted by Gasteiger charge is 2.48. The van der Waals surface area contributed by atoms with E-state index in [1.54, 1.807) is 0 Å². The number of carbonyl (C=O) groups is 2. The number of halogens is 3.